The van der Waals surface area contributed by atoms with Crippen molar-refractivity contribution in [1.82, 2.24) is 20.2 Å². The van der Waals surface area contributed by atoms with Gasteiger partial charge in [-0.1, -0.05) is 30.3 Å². The van der Waals surface area contributed by atoms with E-state index in [1.807, 2.05) is 18.2 Å². The maximum Gasteiger partial charge on any atom is 0.188 e. The van der Waals surface area contributed by atoms with Crippen LogP contribution in [0.1, 0.15) is 12.0 Å². The number of aromatic nitrogens is 4. The topological polar surface area (TPSA) is 62.1 Å². The molecule has 6 nitrogen and oxygen atoms in total. The van der Waals surface area contributed by atoms with Crippen molar-refractivity contribution in [2.45, 2.75) is 25.2 Å². The molecule has 2 aromatic rings. The van der Waals surface area contributed by atoms with Gasteiger partial charge in [-0.3, -0.25) is 0 Å². The van der Waals surface area contributed by atoms with E-state index in [-0.39, 0.29) is 12.4 Å². The van der Waals surface area contributed by atoms with Crippen LogP contribution in [0.15, 0.2) is 36.7 Å². The van der Waals surface area contributed by atoms with Gasteiger partial charge in [0.15, 0.2) is 5.79 Å². The highest BCUT2D eigenvalue weighted by Gasteiger charge is 2.37. The van der Waals surface area contributed by atoms with Crippen molar-refractivity contribution in [2.75, 3.05) is 13.2 Å². The van der Waals surface area contributed by atoms with Gasteiger partial charge in [-0.2, -0.15) is 0 Å². The lowest BCUT2D eigenvalue weighted by atomic mass is 10.0. The van der Waals surface area contributed by atoms with Gasteiger partial charge in [-0.15, -0.1) is 17.5 Å². The molecule has 0 spiro atoms. The first kappa shape index (κ1) is 14.9. The first-order chi connectivity index (χ1) is 9.36. The van der Waals surface area contributed by atoms with E-state index in [0.717, 1.165) is 12.8 Å². The lowest BCUT2D eigenvalue weighted by Gasteiger charge is -2.26. The number of hydrogen-bond acceptors (Lipinski definition) is 5. The second-order valence-electron chi connectivity index (χ2n) is 4.60. The van der Waals surface area contributed by atoms with Crippen LogP contribution < -0.4 is 0 Å². The Morgan fingerprint density at radius 2 is 1.90 bits per heavy atom. The van der Waals surface area contributed by atoms with E-state index in [1.165, 1.54) is 5.56 Å². The summed E-state index contributed by atoms with van der Waals surface area (Å²) < 4.78 is 13.2. The molecule has 0 saturated carbocycles. The van der Waals surface area contributed by atoms with Gasteiger partial charge in [-0.25, -0.2) is 4.68 Å². The van der Waals surface area contributed by atoms with E-state index < -0.39 is 5.79 Å². The van der Waals surface area contributed by atoms with E-state index in [0.29, 0.717) is 19.8 Å². The standard InChI is InChI=1S/C13H16N4O2.ClH/c1-2-4-12(5-3-1)6-7-13(18-8-9-19-13)10-17-11-14-15-16-17;/h1-5,11H,6-10H2;1H. The molecule has 0 N–H and O–H groups in total. The molecule has 1 aliphatic heterocycles. The quantitative estimate of drug-likeness (QED) is 0.836. The van der Waals surface area contributed by atoms with Crippen molar-refractivity contribution >= 4 is 12.4 Å². The molecule has 0 aliphatic carbocycles. The smallest absolute Gasteiger partial charge is 0.188 e. The Morgan fingerprint density at radius 3 is 2.55 bits per heavy atom. The van der Waals surface area contributed by atoms with E-state index in [2.05, 4.69) is 27.7 Å². The van der Waals surface area contributed by atoms with Crippen LogP contribution in [0.2, 0.25) is 0 Å². The fourth-order valence-corrected chi connectivity index (χ4v) is 2.29. The van der Waals surface area contributed by atoms with Gasteiger partial charge in [0, 0.05) is 6.42 Å². The van der Waals surface area contributed by atoms with Gasteiger partial charge in [0.05, 0.1) is 19.8 Å². The molecule has 20 heavy (non-hydrogen) atoms. The number of benzene rings is 1. The summed E-state index contributed by atoms with van der Waals surface area (Å²) in [6.45, 7) is 1.76. The fourth-order valence-electron chi connectivity index (χ4n) is 2.29. The molecule has 7 heteroatoms. The van der Waals surface area contributed by atoms with Gasteiger partial charge in [0.2, 0.25) is 0 Å². The van der Waals surface area contributed by atoms with Crippen molar-refractivity contribution in [3.8, 4) is 0 Å². The molecule has 2 heterocycles. The molecule has 0 atom stereocenters. The highest BCUT2D eigenvalue weighted by molar-refractivity contribution is 5.85. The minimum Gasteiger partial charge on any atom is -0.346 e. The molecule has 1 aromatic carbocycles. The Balaban J connectivity index is 0.00000147. The summed E-state index contributed by atoms with van der Waals surface area (Å²) in [4.78, 5) is 0. The van der Waals surface area contributed by atoms with Gasteiger partial charge < -0.3 is 9.47 Å². The Morgan fingerprint density at radius 1 is 1.15 bits per heavy atom. The molecule has 108 valence electrons. The summed E-state index contributed by atoms with van der Waals surface area (Å²) in [6, 6.07) is 10.3. The Kier molecular flexibility index (Phi) is 5.05. The zero-order chi connectivity index (χ0) is 13.0. The Bertz CT molecular complexity index is 500. The van der Waals surface area contributed by atoms with Crippen LogP contribution in [0.4, 0.5) is 0 Å². The van der Waals surface area contributed by atoms with E-state index >= 15 is 0 Å². The zero-order valence-corrected chi connectivity index (χ0v) is 11.8. The average Bonchev–Trinajstić information content (AvgIpc) is 3.11. The number of ether oxygens (including phenoxy) is 2. The van der Waals surface area contributed by atoms with E-state index in [1.54, 1.807) is 11.0 Å². The lowest BCUT2D eigenvalue weighted by molar-refractivity contribution is -0.173. The molecule has 0 unspecified atom stereocenters. The van der Waals surface area contributed by atoms with E-state index in [9.17, 15) is 0 Å². The minimum atomic E-state index is -0.606. The number of rotatable bonds is 5. The van der Waals surface area contributed by atoms with Gasteiger partial charge in [0.1, 0.15) is 6.33 Å². The normalized spacial score (nSPS) is 16.8. The van der Waals surface area contributed by atoms with Crippen molar-refractivity contribution in [3.05, 3.63) is 42.2 Å². The van der Waals surface area contributed by atoms with Crippen LogP contribution in [0.5, 0.6) is 0 Å². The van der Waals surface area contributed by atoms with E-state index in [4.69, 9.17) is 9.47 Å². The number of hydrogen-bond donors (Lipinski definition) is 0. The maximum atomic E-state index is 5.80. The van der Waals surface area contributed by atoms with Crippen molar-refractivity contribution in [3.63, 3.8) is 0 Å². The number of nitrogens with zero attached hydrogens (tertiary/aromatic N) is 4. The van der Waals surface area contributed by atoms with Crippen LogP contribution in [0.25, 0.3) is 0 Å². The Labute approximate surface area is 123 Å². The SMILES string of the molecule is Cl.c1ccc(CCC2(Cn3cnnn3)OCCO2)cc1. The van der Waals surface area contributed by atoms with Crippen LogP contribution in [0, 0.1) is 0 Å². The molecule has 0 radical (unpaired) electrons. The highest BCUT2D eigenvalue weighted by Crippen LogP contribution is 2.27. The van der Waals surface area contributed by atoms with Gasteiger partial charge >= 0.3 is 0 Å². The first-order valence-electron chi connectivity index (χ1n) is 6.39. The molecule has 1 fully saturated rings. The molecule has 1 aliphatic rings. The van der Waals surface area contributed by atoms with Gasteiger partial charge in [-0.05, 0) is 22.4 Å². The number of halogens is 1. The maximum absolute atomic E-state index is 5.80. The number of tetrazole rings is 1. The predicted octanol–water partition coefficient (Wildman–Crippen LogP) is 1.47. The number of aryl methyl sites for hydroxylation is 1. The molecular weight excluding hydrogens is 280 g/mol. The fraction of sp³-hybridized carbons (Fsp3) is 0.462. The first-order valence-corrected chi connectivity index (χ1v) is 6.39. The van der Waals surface area contributed by atoms with Crippen LogP contribution >= 0.6 is 12.4 Å². The third-order valence-corrected chi connectivity index (χ3v) is 3.25. The third kappa shape index (κ3) is 3.53. The molecule has 0 bridgehead atoms. The summed E-state index contributed by atoms with van der Waals surface area (Å²) >= 11 is 0. The molecule has 3 rings (SSSR count). The largest absolute Gasteiger partial charge is 0.346 e. The van der Waals surface area contributed by atoms with Crippen LogP contribution in [-0.2, 0) is 22.4 Å². The summed E-state index contributed by atoms with van der Waals surface area (Å²) in [7, 11) is 0. The highest BCUT2D eigenvalue weighted by atomic mass is 35.5. The van der Waals surface area contributed by atoms with Gasteiger partial charge in [0.25, 0.3) is 0 Å². The summed E-state index contributed by atoms with van der Waals surface area (Å²) in [5.41, 5.74) is 1.28. The summed E-state index contributed by atoms with van der Waals surface area (Å²) in [6.07, 6.45) is 3.27. The average molecular weight is 297 g/mol. The zero-order valence-electron chi connectivity index (χ0n) is 11.0. The second-order valence-corrected chi connectivity index (χ2v) is 4.60. The lowest BCUT2D eigenvalue weighted by Crippen LogP contribution is -2.36. The predicted molar refractivity (Wildman–Crippen MR) is 74.5 cm³/mol. The Hall–Kier alpha value is -1.50. The van der Waals surface area contributed by atoms with Crippen LogP contribution in [0.3, 0.4) is 0 Å². The van der Waals surface area contributed by atoms with Crippen LogP contribution in [-0.4, -0.2) is 39.2 Å². The third-order valence-electron chi connectivity index (χ3n) is 3.25. The molecule has 1 aromatic heterocycles. The van der Waals surface area contributed by atoms with Crippen molar-refractivity contribution < 1.29 is 9.47 Å². The second kappa shape index (κ2) is 6.78. The minimum absolute atomic E-state index is 0. The molecular formula is C13H17ClN4O2. The van der Waals surface area contributed by atoms with Crippen molar-refractivity contribution in [2.24, 2.45) is 0 Å². The monoisotopic (exact) mass is 296 g/mol. The molecule has 0 amide bonds. The van der Waals surface area contributed by atoms with Crippen molar-refractivity contribution in [1.29, 1.82) is 0 Å². The summed E-state index contributed by atoms with van der Waals surface area (Å²) in [5.74, 6) is -0.606. The molecule has 1 saturated heterocycles. The summed E-state index contributed by atoms with van der Waals surface area (Å²) in [5, 5.41) is 11.1.